The monoisotopic (exact) mass is 139 g/mol. The first-order chi connectivity index (χ1) is 4.85. The summed E-state index contributed by atoms with van der Waals surface area (Å²) in [5.74, 6) is 0. The fraction of sp³-hybridized carbons (Fsp3) is 0.667. The number of carbonyl (C=O) groups excluding carboxylic acids is 1. The van der Waals surface area contributed by atoms with Crippen molar-refractivity contribution in [3.8, 4) is 0 Å². The molecule has 0 saturated carbocycles. The number of hydrogen-bond donors (Lipinski definition) is 0. The van der Waals surface area contributed by atoms with Crippen LogP contribution in [-0.2, 0) is 4.79 Å². The van der Waals surface area contributed by atoms with E-state index in [9.17, 15) is 4.79 Å². The molecule has 0 N–H and O–H groups in total. The molecule has 0 atom stereocenters. The van der Waals surface area contributed by atoms with Gasteiger partial charge in [0.15, 0.2) is 0 Å². The normalized spacial score (nSPS) is 11.6. The van der Waals surface area contributed by atoms with Crippen molar-refractivity contribution in [2.45, 2.75) is 39.5 Å². The Morgan fingerprint density at radius 1 is 1.60 bits per heavy atom. The summed E-state index contributed by atoms with van der Waals surface area (Å²) in [5, 5.41) is 0. The molecule has 0 aromatic carbocycles. The van der Waals surface area contributed by atoms with Gasteiger partial charge in [-0.1, -0.05) is 25.0 Å². The maximum absolute atomic E-state index is 9.97. The number of allylic oxidation sites excluding steroid dienone is 2. The predicted molar refractivity (Wildman–Crippen MR) is 43.6 cm³/mol. The van der Waals surface area contributed by atoms with Gasteiger partial charge in [-0.2, -0.15) is 0 Å². The summed E-state index contributed by atoms with van der Waals surface area (Å²) in [6.45, 7) is 4.13. The van der Waals surface area contributed by atoms with Crippen molar-refractivity contribution >= 4 is 6.29 Å². The quantitative estimate of drug-likeness (QED) is 0.535. The Bertz CT molecular complexity index is 114. The highest BCUT2D eigenvalue weighted by Crippen LogP contribution is 2.09. The molecule has 1 heteroatoms. The summed E-state index contributed by atoms with van der Waals surface area (Å²) in [4.78, 5) is 9.97. The zero-order chi connectivity index (χ0) is 7.82. The van der Waals surface area contributed by atoms with E-state index in [0.717, 1.165) is 6.42 Å². The fourth-order valence-electron chi connectivity index (χ4n) is 0.831. The Labute approximate surface area is 63.1 Å². The first-order valence-electron chi connectivity index (χ1n) is 3.84. The third-order valence-corrected chi connectivity index (χ3v) is 1.56. The van der Waals surface area contributed by atoms with Crippen LogP contribution in [0.5, 0.6) is 0 Å². The maximum Gasteiger partial charge on any atom is 0.202 e. The van der Waals surface area contributed by atoms with E-state index in [4.69, 9.17) is 0 Å². The van der Waals surface area contributed by atoms with Crippen LogP contribution in [0.3, 0.4) is 0 Å². The van der Waals surface area contributed by atoms with Gasteiger partial charge in [0.2, 0.25) is 6.29 Å². The van der Waals surface area contributed by atoms with E-state index in [1.807, 2.05) is 19.3 Å². The second-order valence-electron chi connectivity index (χ2n) is 2.37. The Balaban J connectivity index is 3.51. The summed E-state index contributed by atoms with van der Waals surface area (Å²) >= 11 is 0. The summed E-state index contributed by atoms with van der Waals surface area (Å²) in [6, 6.07) is 0. The van der Waals surface area contributed by atoms with Crippen LogP contribution in [-0.4, -0.2) is 6.29 Å². The van der Waals surface area contributed by atoms with Crippen molar-refractivity contribution in [3.63, 3.8) is 0 Å². The van der Waals surface area contributed by atoms with E-state index < -0.39 is 0 Å². The van der Waals surface area contributed by atoms with Gasteiger partial charge in [0, 0.05) is 6.42 Å². The molecule has 0 rings (SSSR count). The molecule has 0 bridgehead atoms. The second kappa shape index (κ2) is 6.53. The van der Waals surface area contributed by atoms with Crippen LogP contribution in [0.15, 0.2) is 11.6 Å². The average Bonchev–Trinajstić information content (AvgIpc) is 1.98. The summed E-state index contributed by atoms with van der Waals surface area (Å²) in [6.07, 6.45) is 7.85. The molecule has 0 aliphatic carbocycles. The average molecular weight is 139 g/mol. The van der Waals surface area contributed by atoms with Crippen molar-refractivity contribution in [2.75, 3.05) is 0 Å². The zero-order valence-electron chi connectivity index (χ0n) is 6.81. The van der Waals surface area contributed by atoms with Crippen LogP contribution in [0.4, 0.5) is 0 Å². The van der Waals surface area contributed by atoms with Crippen LogP contribution in [0.25, 0.3) is 0 Å². The molecule has 0 heterocycles. The van der Waals surface area contributed by atoms with Crippen LogP contribution in [0.2, 0.25) is 0 Å². The molecule has 0 aliphatic rings. The summed E-state index contributed by atoms with van der Waals surface area (Å²) < 4.78 is 0. The zero-order valence-corrected chi connectivity index (χ0v) is 6.81. The van der Waals surface area contributed by atoms with Crippen LogP contribution in [0.1, 0.15) is 39.5 Å². The number of unbranched alkanes of at least 4 members (excludes halogenated alkanes) is 1. The van der Waals surface area contributed by atoms with Gasteiger partial charge >= 0.3 is 0 Å². The topological polar surface area (TPSA) is 17.1 Å². The van der Waals surface area contributed by atoms with Crippen molar-refractivity contribution in [2.24, 2.45) is 0 Å². The summed E-state index contributed by atoms with van der Waals surface area (Å²) in [7, 11) is 0. The Kier molecular flexibility index (Phi) is 6.14. The molecule has 0 saturated heterocycles. The van der Waals surface area contributed by atoms with Gasteiger partial charge in [-0.3, -0.25) is 4.79 Å². The van der Waals surface area contributed by atoms with Crippen LogP contribution in [0, 0.1) is 0 Å². The van der Waals surface area contributed by atoms with Gasteiger partial charge in [0.1, 0.15) is 0 Å². The molecule has 0 amide bonds. The van der Waals surface area contributed by atoms with E-state index in [1.54, 1.807) is 0 Å². The molecule has 0 aromatic rings. The second-order valence-corrected chi connectivity index (χ2v) is 2.37. The Morgan fingerprint density at radius 3 is 2.70 bits per heavy atom. The molecule has 1 nitrogen and oxygen atoms in total. The molecule has 0 fully saturated rings. The lowest BCUT2D eigenvalue weighted by Gasteiger charge is -1.98. The van der Waals surface area contributed by atoms with Crippen LogP contribution < -0.4 is 0 Å². The van der Waals surface area contributed by atoms with Crippen molar-refractivity contribution in [1.29, 1.82) is 0 Å². The van der Waals surface area contributed by atoms with Gasteiger partial charge in [-0.05, 0) is 19.8 Å². The minimum absolute atomic E-state index is 0.497. The molecule has 0 aromatic heterocycles. The maximum atomic E-state index is 9.97. The van der Waals surface area contributed by atoms with Crippen molar-refractivity contribution in [3.05, 3.63) is 11.6 Å². The van der Waals surface area contributed by atoms with Crippen molar-refractivity contribution < 1.29 is 4.79 Å². The molecule has 57 valence electrons. The smallest absolute Gasteiger partial charge is 0.202 e. The highest BCUT2D eigenvalue weighted by atomic mass is 16.1. The highest BCUT2D eigenvalue weighted by Gasteiger charge is 1.93. The largest absolute Gasteiger partial charge is 0.291 e. The summed E-state index contributed by atoms with van der Waals surface area (Å²) in [5.41, 5.74) is 1.22. The molecular weight excluding hydrogens is 124 g/mol. The highest BCUT2D eigenvalue weighted by molar-refractivity contribution is 5.55. The predicted octanol–water partition coefficient (Wildman–Crippen LogP) is 2.62. The fourth-order valence-corrected chi connectivity index (χ4v) is 0.831. The SMILES string of the molecule is CC=C(C[C]=O)CCCC. The Hall–Kier alpha value is -0.590. The lowest BCUT2D eigenvalue weighted by molar-refractivity contribution is 0.553. The van der Waals surface area contributed by atoms with E-state index >= 15 is 0 Å². The van der Waals surface area contributed by atoms with Gasteiger partial charge in [0.05, 0.1) is 0 Å². The van der Waals surface area contributed by atoms with Gasteiger partial charge in [-0.15, -0.1) is 0 Å². The first-order valence-corrected chi connectivity index (χ1v) is 3.84. The standard InChI is InChI=1S/C9H15O/c1-3-5-6-9(4-2)7-8-10/h4H,3,5-7H2,1-2H3. The number of hydrogen-bond acceptors (Lipinski definition) is 1. The third kappa shape index (κ3) is 4.30. The molecule has 0 aliphatic heterocycles. The van der Waals surface area contributed by atoms with E-state index in [0.29, 0.717) is 6.42 Å². The van der Waals surface area contributed by atoms with Crippen molar-refractivity contribution in [1.82, 2.24) is 0 Å². The van der Waals surface area contributed by atoms with Gasteiger partial charge in [0.25, 0.3) is 0 Å². The number of rotatable bonds is 5. The Morgan fingerprint density at radius 2 is 2.30 bits per heavy atom. The lowest BCUT2D eigenvalue weighted by Crippen LogP contribution is -1.84. The third-order valence-electron chi connectivity index (χ3n) is 1.56. The molecule has 0 spiro atoms. The van der Waals surface area contributed by atoms with E-state index in [-0.39, 0.29) is 0 Å². The molecule has 0 unspecified atom stereocenters. The van der Waals surface area contributed by atoms with E-state index in [2.05, 4.69) is 6.92 Å². The van der Waals surface area contributed by atoms with Gasteiger partial charge in [-0.25, -0.2) is 0 Å². The molecule has 10 heavy (non-hydrogen) atoms. The lowest BCUT2D eigenvalue weighted by atomic mass is 10.1. The first kappa shape index (κ1) is 9.41. The van der Waals surface area contributed by atoms with Crippen LogP contribution >= 0.6 is 0 Å². The minimum atomic E-state index is 0.497. The van der Waals surface area contributed by atoms with E-state index in [1.165, 1.54) is 18.4 Å². The molecular formula is C9H15O. The van der Waals surface area contributed by atoms with Gasteiger partial charge < -0.3 is 0 Å². The molecule has 1 radical (unpaired) electrons. The minimum Gasteiger partial charge on any atom is -0.291 e.